The van der Waals surface area contributed by atoms with Gasteiger partial charge < -0.3 is 18.9 Å². The molecule has 30 heavy (non-hydrogen) atoms. The van der Waals surface area contributed by atoms with Crippen molar-refractivity contribution in [1.29, 1.82) is 0 Å². The van der Waals surface area contributed by atoms with Gasteiger partial charge in [0.25, 0.3) is 0 Å². The number of aryl methyl sites for hydroxylation is 1. The van der Waals surface area contributed by atoms with E-state index in [9.17, 15) is 9.59 Å². The van der Waals surface area contributed by atoms with Crippen LogP contribution in [-0.4, -0.2) is 38.9 Å². The largest absolute Gasteiger partial charge is 0.490 e. The van der Waals surface area contributed by atoms with Gasteiger partial charge in [-0.2, -0.15) is 0 Å². The summed E-state index contributed by atoms with van der Waals surface area (Å²) in [7, 11) is 1.49. The van der Waals surface area contributed by atoms with Gasteiger partial charge in [0.05, 0.1) is 12.2 Å². The van der Waals surface area contributed by atoms with E-state index in [2.05, 4.69) is 13.2 Å². The van der Waals surface area contributed by atoms with Gasteiger partial charge in [0.15, 0.2) is 0 Å². The molecule has 0 saturated carbocycles. The van der Waals surface area contributed by atoms with E-state index in [0.29, 0.717) is 17.1 Å². The molecule has 0 radical (unpaired) electrons. The van der Waals surface area contributed by atoms with Gasteiger partial charge in [0.2, 0.25) is 0 Å². The molecule has 2 aromatic rings. The van der Waals surface area contributed by atoms with Crippen LogP contribution in [-0.2, 0) is 19.1 Å². The minimum Gasteiger partial charge on any atom is -0.490 e. The zero-order chi connectivity index (χ0) is 22.1. The van der Waals surface area contributed by atoms with Crippen LogP contribution in [0.15, 0.2) is 66.8 Å². The highest BCUT2D eigenvalue weighted by molar-refractivity contribution is 5.89. The van der Waals surface area contributed by atoms with Gasteiger partial charge in [0.1, 0.15) is 24.7 Å². The molecule has 6 nitrogen and oxygen atoms in total. The van der Waals surface area contributed by atoms with Crippen LogP contribution in [0.4, 0.5) is 0 Å². The SMILES string of the molecule is C=C(C)C(=O)Oc1ccc(-c2ccc(OCCOC(=O)C(=C)COC)cc2C)cc1. The molecule has 2 aromatic carbocycles. The predicted octanol–water partition coefficient (Wildman–Crippen LogP) is 4.27. The lowest BCUT2D eigenvalue weighted by molar-refractivity contribution is -0.140. The third-order valence-corrected chi connectivity index (χ3v) is 4.11. The second-order valence-corrected chi connectivity index (χ2v) is 6.69. The van der Waals surface area contributed by atoms with E-state index in [1.807, 2.05) is 37.3 Å². The van der Waals surface area contributed by atoms with Crippen molar-refractivity contribution in [3.8, 4) is 22.6 Å². The first-order valence-electron chi connectivity index (χ1n) is 9.37. The standard InChI is InChI=1S/C24H26O6/c1-16(2)23(25)30-20-8-6-19(7-9-20)22-11-10-21(14-17(22)3)28-12-13-29-24(26)18(4)15-27-5/h6-11,14H,1,4,12-13,15H2,2-3,5H3. The van der Waals surface area contributed by atoms with Crippen molar-refractivity contribution in [1.82, 2.24) is 0 Å². The maximum atomic E-state index is 11.6. The fraction of sp³-hybridized carbons (Fsp3) is 0.250. The van der Waals surface area contributed by atoms with Gasteiger partial charge in [-0.15, -0.1) is 0 Å². The van der Waals surface area contributed by atoms with Crippen LogP contribution in [0.1, 0.15) is 12.5 Å². The van der Waals surface area contributed by atoms with Crippen LogP contribution in [0.5, 0.6) is 11.5 Å². The van der Waals surface area contributed by atoms with E-state index >= 15 is 0 Å². The monoisotopic (exact) mass is 410 g/mol. The summed E-state index contributed by atoms with van der Waals surface area (Å²) in [6, 6.07) is 13.0. The molecule has 0 spiro atoms. The maximum Gasteiger partial charge on any atom is 0.338 e. The molecule has 0 aliphatic carbocycles. The molecule has 158 valence electrons. The number of carbonyl (C=O) groups is 2. The Labute approximate surface area is 176 Å². The lowest BCUT2D eigenvalue weighted by Crippen LogP contribution is -2.15. The smallest absolute Gasteiger partial charge is 0.338 e. The van der Waals surface area contributed by atoms with Crippen molar-refractivity contribution >= 4 is 11.9 Å². The second-order valence-electron chi connectivity index (χ2n) is 6.69. The summed E-state index contributed by atoms with van der Waals surface area (Å²) in [5.74, 6) is 0.195. The molecule has 2 rings (SSSR count). The molecule has 0 amide bonds. The Morgan fingerprint density at radius 2 is 1.60 bits per heavy atom. The second kappa shape index (κ2) is 11.0. The topological polar surface area (TPSA) is 71.1 Å². The highest BCUT2D eigenvalue weighted by Crippen LogP contribution is 2.28. The van der Waals surface area contributed by atoms with Gasteiger partial charge >= 0.3 is 11.9 Å². The average Bonchev–Trinajstić information content (AvgIpc) is 2.72. The van der Waals surface area contributed by atoms with Crippen LogP contribution >= 0.6 is 0 Å². The normalized spacial score (nSPS) is 10.2. The number of ether oxygens (including phenoxy) is 4. The number of esters is 2. The summed E-state index contributed by atoms with van der Waals surface area (Å²) in [5, 5.41) is 0. The van der Waals surface area contributed by atoms with Crippen molar-refractivity contribution in [2.45, 2.75) is 13.8 Å². The van der Waals surface area contributed by atoms with Crippen LogP contribution in [0, 0.1) is 6.92 Å². The van der Waals surface area contributed by atoms with E-state index in [4.69, 9.17) is 18.9 Å². The van der Waals surface area contributed by atoms with Crippen LogP contribution < -0.4 is 9.47 Å². The molecule has 0 N–H and O–H groups in total. The van der Waals surface area contributed by atoms with Crippen molar-refractivity contribution in [2.24, 2.45) is 0 Å². The summed E-state index contributed by atoms with van der Waals surface area (Å²) in [6.45, 7) is 11.2. The number of benzene rings is 2. The molecule has 0 saturated heterocycles. The summed E-state index contributed by atoms with van der Waals surface area (Å²) in [5.41, 5.74) is 3.64. The average molecular weight is 410 g/mol. The van der Waals surface area contributed by atoms with Gasteiger partial charge in [-0.3, -0.25) is 0 Å². The summed E-state index contributed by atoms with van der Waals surface area (Å²) in [4.78, 5) is 23.2. The molecule has 0 atom stereocenters. The maximum absolute atomic E-state index is 11.6. The van der Waals surface area contributed by atoms with Gasteiger partial charge in [-0.25, -0.2) is 9.59 Å². The van der Waals surface area contributed by atoms with Crippen LogP contribution in [0.3, 0.4) is 0 Å². The Balaban J connectivity index is 1.92. The first-order valence-corrected chi connectivity index (χ1v) is 9.37. The molecule has 0 fully saturated rings. The molecule has 0 aromatic heterocycles. The zero-order valence-electron chi connectivity index (χ0n) is 17.5. The summed E-state index contributed by atoms with van der Waals surface area (Å²) >= 11 is 0. The molecule has 0 aliphatic rings. The highest BCUT2D eigenvalue weighted by atomic mass is 16.6. The van der Waals surface area contributed by atoms with Crippen molar-refractivity contribution in [2.75, 3.05) is 26.9 Å². The molecular weight excluding hydrogens is 384 g/mol. The van der Waals surface area contributed by atoms with Crippen molar-refractivity contribution < 1.29 is 28.5 Å². The van der Waals surface area contributed by atoms with E-state index in [0.717, 1.165) is 16.7 Å². The number of hydrogen-bond donors (Lipinski definition) is 0. The number of rotatable bonds is 10. The number of carbonyl (C=O) groups excluding carboxylic acids is 2. The Hall–Kier alpha value is -3.38. The highest BCUT2D eigenvalue weighted by Gasteiger charge is 2.09. The van der Waals surface area contributed by atoms with E-state index in [1.54, 1.807) is 19.1 Å². The fourth-order valence-electron chi connectivity index (χ4n) is 2.58. The number of hydrogen-bond acceptors (Lipinski definition) is 6. The minimum atomic E-state index is -0.496. The fourth-order valence-corrected chi connectivity index (χ4v) is 2.58. The first kappa shape index (κ1) is 22.9. The zero-order valence-corrected chi connectivity index (χ0v) is 17.5. The van der Waals surface area contributed by atoms with Gasteiger partial charge in [-0.05, 0) is 54.8 Å². The quantitative estimate of drug-likeness (QED) is 0.252. The molecule has 6 heteroatoms. The molecule has 0 bridgehead atoms. The molecule has 0 aliphatic heterocycles. The van der Waals surface area contributed by atoms with E-state index < -0.39 is 11.9 Å². The first-order chi connectivity index (χ1) is 14.3. The Bertz CT molecular complexity index is 927. The van der Waals surface area contributed by atoms with E-state index in [-0.39, 0.29) is 25.4 Å². The van der Waals surface area contributed by atoms with E-state index in [1.165, 1.54) is 7.11 Å². The molecular formula is C24H26O6. The van der Waals surface area contributed by atoms with Crippen LogP contribution in [0.2, 0.25) is 0 Å². The minimum absolute atomic E-state index is 0.118. The third-order valence-electron chi connectivity index (χ3n) is 4.11. The number of methoxy groups -OCH3 is 1. The Morgan fingerprint density at radius 1 is 0.933 bits per heavy atom. The van der Waals surface area contributed by atoms with Crippen molar-refractivity contribution in [3.05, 3.63) is 72.3 Å². The lowest BCUT2D eigenvalue weighted by Gasteiger charge is -2.12. The predicted molar refractivity (Wildman–Crippen MR) is 115 cm³/mol. The molecule has 0 unspecified atom stereocenters. The third kappa shape index (κ3) is 6.60. The summed E-state index contributed by atoms with van der Waals surface area (Å²) < 4.78 is 20.8. The Morgan fingerprint density at radius 3 is 2.20 bits per heavy atom. The lowest BCUT2D eigenvalue weighted by atomic mass is 10.0. The van der Waals surface area contributed by atoms with Gasteiger partial charge in [-0.1, -0.05) is 31.4 Å². The summed E-state index contributed by atoms with van der Waals surface area (Å²) in [6.07, 6.45) is 0. The van der Waals surface area contributed by atoms with Crippen molar-refractivity contribution in [3.63, 3.8) is 0 Å². The molecule has 0 heterocycles. The van der Waals surface area contributed by atoms with Gasteiger partial charge in [0, 0.05) is 12.7 Å². The van der Waals surface area contributed by atoms with Crippen LogP contribution in [0.25, 0.3) is 11.1 Å². The Kier molecular flexibility index (Phi) is 8.38.